The maximum Gasteiger partial charge on any atom is 1.00 e. The Balaban J connectivity index is 0. The van der Waals surface area contributed by atoms with Crippen LogP contribution in [0.3, 0.4) is 0 Å². The molecule has 0 aliphatic heterocycles. The molecule has 0 saturated heterocycles. The molecule has 0 aliphatic carbocycles. The molecular formula is C4BrF6NaO2. The summed E-state index contributed by atoms with van der Waals surface area (Å²) >= 11 is 1.08. The molecule has 0 bridgehead atoms. The summed E-state index contributed by atoms with van der Waals surface area (Å²) in [4.78, 5) is 9.72. The predicted molar refractivity (Wildman–Crippen MR) is 28.8 cm³/mol. The number of hydrogen-bond donors (Lipinski definition) is 0. The maximum absolute atomic E-state index is 11.7. The van der Waals surface area contributed by atoms with Gasteiger partial charge in [0.2, 0.25) is 0 Å². The second kappa shape index (κ2) is 4.58. The average molecular weight is 297 g/mol. The Bertz CT molecular complexity index is 209. The van der Waals surface area contributed by atoms with Crippen molar-refractivity contribution in [2.45, 2.75) is 16.7 Å². The van der Waals surface area contributed by atoms with Crippen LogP contribution in [-0.2, 0) is 4.79 Å². The molecule has 0 radical (unpaired) electrons. The van der Waals surface area contributed by atoms with E-state index in [-0.39, 0.29) is 29.6 Å². The topological polar surface area (TPSA) is 40.1 Å². The van der Waals surface area contributed by atoms with E-state index in [1.807, 2.05) is 0 Å². The number of carboxylic acid groups (broad SMARTS) is 1. The molecule has 0 atom stereocenters. The van der Waals surface area contributed by atoms with Crippen LogP contribution < -0.4 is 34.7 Å². The Labute approximate surface area is 104 Å². The van der Waals surface area contributed by atoms with Crippen molar-refractivity contribution >= 4 is 21.9 Å². The standard InChI is InChI=1S/C4HBrF6O2.Na/c5-2(1(12)13,3(6,7)8)4(9,10)11;/h(H,12,13);/q;+1/p-1. The Hall–Kier alpha value is 0.530. The molecule has 2 nitrogen and oxygen atoms in total. The van der Waals surface area contributed by atoms with E-state index >= 15 is 0 Å². The summed E-state index contributed by atoms with van der Waals surface area (Å²) in [5.74, 6) is -3.30. The van der Waals surface area contributed by atoms with Crippen LogP contribution >= 0.6 is 15.9 Å². The van der Waals surface area contributed by atoms with Crippen LogP contribution in [-0.4, -0.2) is 22.6 Å². The van der Waals surface area contributed by atoms with Crippen molar-refractivity contribution in [3.05, 3.63) is 0 Å². The van der Waals surface area contributed by atoms with E-state index in [0.717, 1.165) is 15.9 Å². The molecule has 0 aromatic rings. The van der Waals surface area contributed by atoms with Gasteiger partial charge in [-0.2, -0.15) is 26.3 Å². The molecule has 0 saturated carbocycles. The van der Waals surface area contributed by atoms with Gasteiger partial charge in [-0.3, -0.25) is 0 Å². The van der Waals surface area contributed by atoms with Crippen molar-refractivity contribution in [2.75, 3.05) is 0 Å². The molecule has 0 aromatic carbocycles. The third kappa shape index (κ3) is 2.77. The summed E-state index contributed by atoms with van der Waals surface area (Å²) in [6.45, 7) is 0. The summed E-state index contributed by atoms with van der Waals surface area (Å²) in [6.07, 6.45) is -12.0. The number of hydrogen-bond acceptors (Lipinski definition) is 2. The molecule has 0 amide bonds. The zero-order valence-corrected chi connectivity index (χ0v) is 10.0. The van der Waals surface area contributed by atoms with Gasteiger partial charge in [-0.15, -0.1) is 0 Å². The van der Waals surface area contributed by atoms with Gasteiger partial charge in [0, 0.05) is 0 Å². The van der Waals surface area contributed by atoms with E-state index in [4.69, 9.17) is 0 Å². The molecule has 10 heteroatoms. The molecule has 0 fully saturated rings. The van der Waals surface area contributed by atoms with Crippen molar-refractivity contribution in [2.24, 2.45) is 0 Å². The number of carbonyl (C=O) groups excluding carboxylic acids is 1. The molecule has 0 aliphatic rings. The molecule has 0 unspecified atom stereocenters. The van der Waals surface area contributed by atoms with Crippen LogP contribution in [0.1, 0.15) is 0 Å². The van der Waals surface area contributed by atoms with Crippen molar-refractivity contribution in [1.29, 1.82) is 0 Å². The minimum absolute atomic E-state index is 0. The average Bonchev–Trinajstić information content (AvgIpc) is 1.80. The van der Waals surface area contributed by atoms with Crippen molar-refractivity contribution in [1.82, 2.24) is 0 Å². The van der Waals surface area contributed by atoms with Gasteiger partial charge in [0.25, 0.3) is 4.32 Å². The molecule has 0 spiro atoms. The van der Waals surface area contributed by atoms with Gasteiger partial charge in [-0.05, 0) is 0 Å². The van der Waals surface area contributed by atoms with Crippen LogP contribution in [0.5, 0.6) is 0 Å². The van der Waals surface area contributed by atoms with Crippen LogP contribution in [0.15, 0.2) is 0 Å². The van der Waals surface area contributed by atoms with E-state index in [9.17, 15) is 36.2 Å². The minimum Gasteiger partial charge on any atom is -0.548 e. The van der Waals surface area contributed by atoms with Crippen LogP contribution in [0, 0.1) is 0 Å². The summed E-state index contributed by atoms with van der Waals surface area (Å²) in [5.41, 5.74) is 0. The van der Waals surface area contributed by atoms with Crippen LogP contribution in [0.4, 0.5) is 26.3 Å². The van der Waals surface area contributed by atoms with E-state index in [0.29, 0.717) is 0 Å². The molecule has 0 aromatic heterocycles. The third-order valence-corrected chi connectivity index (χ3v) is 2.29. The smallest absolute Gasteiger partial charge is 0.548 e. The van der Waals surface area contributed by atoms with Crippen LogP contribution in [0.25, 0.3) is 0 Å². The molecular weight excluding hydrogens is 297 g/mol. The Morgan fingerprint density at radius 2 is 1.21 bits per heavy atom. The van der Waals surface area contributed by atoms with E-state index in [2.05, 4.69) is 0 Å². The molecule has 0 heterocycles. The summed E-state index contributed by atoms with van der Waals surface area (Å²) in [6, 6.07) is 0. The SMILES string of the molecule is O=C([O-])C(Br)(C(F)(F)F)C(F)(F)F.[Na+]. The van der Waals surface area contributed by atoms with Crippen molar-refractivity contribution in [3.8, 4) is 0 Å². The van der Waals surface area contributed by atoms with E-state index < -0.39 is 22.6 Å². The second-order valence-corrected chi connectivity index (χ2v) is 3.13. The fraction of sp³-hybridized carbons (Fsp3) is 0.750. The second-order valence-electron chi connectivity index (χ2n) is 1.94. The number of carbonyl (C=O) groups is 1. The predicted octanol–water partition coefficient (Wildman–Crippen LogP) is -2.00. The largest absolute Gasteiger partial charge is 1.00 e. The number of rotatable bonds is 1. The molecule has 0 rings (SSSR count). The first kappa shape index (κ1) is 16.9. The Kier molecular flexibility index (Phi) is 5.55. The quantitative estimate of drug-likeness (QED) is 0.319. The normalized spacial score (nSPS) is 13.4. The monoisotopic (exact) mass is 296 g/mol. The zero-order chi connectivity index (χ0) is 11.1. The van der Waals surface area contributed by atoms with Crippen molar-refractivity contribution < 1.29 is 65.8 Å². The van der Waals surface area contributed by atoms with Gasteiger partial charge in [0.1, 0.15) is 0 Å². The van der Waals surface area contributed by atoms with E-state index in [1.54, 1.807) is 0 Å². The fourth-order valence-electron chi connectivity index (χ4n) is 0.392. The van der Waals surface area contributed by atoms with Gasteiger partial charge in [0.05, 0.1) is 5.97 Å². The van der Waals surface area contributed by atoms with Crippen LogP contribution in [0.2, 0.25) is 0 Å². The molecule has 78 valence electrons. The van der Waals surface area contributed by atoms with Gasteiger partial charge in [-0.25, -0.2) is 0 Å². The first-order valence-electron chi connectivity index (χ1n) is 2.48. The molecule has 0 N–H and O–H groups in total. The molecule has 14 heavy (non-hydrogen) atoms. The first-order chi connectivity index (χ1) is 5.44. The fourth-order valence-corrected chi connectivity index (χ4v) is 0.392. The van der Waals surface area contributed by atoms with Gasteiger partial charge >= 0.3 is 41.9 Å². The van der Waals surface area contributed by atoms with Crippen molar-refractivity contribution in [3.63, 3.8) is 0 Å². The summed E-state index contributed by atoms with van der Waals surface area (Å²) < 4.78 is 65.0. The van der Waals surface area contributed by atoms with Gasteiger partial charge in [-0.1, -0.05) is 15.9 Å². The Morgan fingerprint density at radius 1 is 1.00 bits per heavy atom. The third-order valence-electron chi connectivity index (χ3n) is 1.06. The van der Waals surface area contributed by atoms with E-state index in [1.165, 1.54) is 0 Å². The first-order valence-corrected chi connectivity index (χ1v) is 3.27. The number of alkyl halides is 7. The minimum atomic E-state index is -6.01. The number of halogens is 7. The van der Waals surface area contributed by atoms with Gasteiger partial charge < -0.3 is 9.90 Å². The number of aliphatic carboxylic acids is 1. The number of carboxylic acids is 1. The maximum atomic E-state index is 11.7. The van der Waals surface area contributed by atoms with Gasteiger partial charge in [0.15, 0.2) is 0 Å². The summed E-state index contributed by atoms with van der Waals surface area (Å²) in [7, 11) is 0. The zero-order valence-electron chi connectivity index (χ0n) is 6.46. The summed E-state index contributed by atoms with van der Waals surface area (Å²) in [5, 5.41) is 9.72. The Morgan fingerprint density at radius 3 is 1.21 bits per heavy atom.